The van der Waals surface area contributed by atoms with Crippen LogP contribution in [-0.2, 0) is 9.59 Å². The maximum absolute atomic E-state index is 12.6. The Morgan fingerprint density at radius 2 is 2.08 bits per heavy atom. The molecule has 26 heavy (non-hydrogen) atoms. The van der Waals surface area contributed by atoms with Crippen LogP contribution >= 0.6 is 0 Å². The monoisotopic (exact) mass is 349 g/mol. The number of nitrogens with zero attached hydrogens (tertiary/aromatic N) is 2. The first-order valence-corrected chi connectivity index (χ1v) is 8.28. The van der Waals surface area contributed by atoms with E-state index in [9.17, 15) is 9.59 Å². The largest absolute Gasteiger partial charge is 0.495 e. The van der Waals surface area contributed by atoms with Crippen molar-refractivity contribution >= 4 is 23.2 Å². The molecule has 1 aliphatic rings. The van der Waals surface area contributed by atoms with E-state index >= 15 is 0 Å². The third kappa shape index (κ3) is 3.38. The second-order valence-corrected chi connectivity index (χ2v) is 6.23. The molecule has 6 heteroatoms. The number of carbonyl (C=O) groups excluding carboxylic acids is 2. The number of carbonyl (C=O) groups is 2. The van der Waals surface area contributed by atoms with Crippen molar-refractivity contribution in [2.45, 2.75) is 13.3 Å². The van der Waals surface area contributed by atoms with Crippen LogP contribution in [0.1, 0.15) is 17.5 Å². The van der Waals surface area contributed by atoms with Crippen LogP contribution in [0.4, 0.5) is 11.4 Å². The van der Waals surface area contributed by atoms with Gasteiger partial charge in [-0.2, -0.15) is 5.26 Å². The molecule has 0 bridgehead atoms. The van der Waals surface area contributed by atoms with Gasteiger partial charge in [-0.25, -0.2) is 0 Å². The Morgan fingerprint density at radius 3 is 2.81 bits per heavy atom. The lowest BCUT2D eigenvalue weighted by atomic mass is 10.1. The number of methoxy groups -OCH3 is 1. The maximum atomic E-state index is 12.6. The fourth-order valence-corrected chi connectivity index (χ4v) is 3.05. The molecule has 2 aromatic rings. The molecule has 1 heterocycles. The zero-order valence-corrected chi connectivity index (χ0v) is 14.7. The average Bonchev–Trinajstić information content (AvgIpc) is 3.04. The number of anilines is 2. The van der Waals surface area contributed by atoms with E-state index in [4.69, 9.17) is 10.00 Å². The highest BCUT2D eigenvalue weighted by Crippen LogP contribution is 2.34. The number of hydrogen-bond donors (Lipinski definition) is 1. The lowest BCUT2D eigenvalue weighted by molar-refractivity contribution is -0.122. The summed E-state index contributed by atoms with van der Waals surface area (Å²) in [4.78, 5) is 26.7. The molecule has 1 unspecified atom stereocenters. The van der Waals surface area contributed by atoms with E-state index in [2.05, 4.69) is 5.32 Å². The minimum atomic E-state index is -0.487. The van der Waals surface area contributed by atoms with Gasteiger partial charge in [0.05, 0.1) is 30.0 Å². The van der Waals surface area contributed by atoms with Crippen LogP contribution in [0.25, 0.3) is 0 Å². The van der Waals surface area contributed by atoms with Gasteiger partial charge in [0.2, 0.25) is 11.8 Å². The standard InChI is InChI=1S/C20H19N3O3/c1-13-7-8-18(26-2)17(9-13)23-12-15(10-19(23)24)20(25)22-16-6-4-3-5-14(16)11-21/h3-9,15H,10,12H2,1-2H3,(H,22,25). The van der Waals surface area contributed by atoms with Gasteiger partial charge in [-0.05, 0) is 36.8 Å². The van der Waals surface area contributed by atoms with Gasteiger partial charge >= 0.3 is 0 Å². The van der Waals surface area contributed by atoms with Gasteiger partial charge in [0.25, 0.3) is 0 Å². The molecule has 1 fully saturated rings. The van der Waals surface area contributed by atoms with Crippen LogP contribution in [0, 0.1) is 24.2 Å². The molecule has 1 aliphatic heterocycles. The van der Waals surface area contributed by atoms with Gasteiger partial charge in [-0.15, -0.1) is 0 Å². The van der Waals surface area contributed by atoms with Crippen LogP contribution in [0.3, 0.4) is 0 Å². The number of ether oxygens (including phenoxy) is 1. The molecule has 1 atom stereocenters. The van der Waals surface area contributed by atoms with Gasteiger partial charge in [0.1, 0.15) is 11.8 Å². The number of amides is 2. The summed E-state index contributed by atoms with van der Waals surface area (Å²) >= 11 is 0. The van der Waals surface area contributed by atoms with Crippen molar-refractivity contribution in [1.29, 1.82) is 5.26 Å². The molecule has 132 valence electrons. The molecule has 0 aromatic heterocycles. The van der Waals surface area contributed by atoms with Gasteiger partial charge in [0, 0.05) is 13.0 Å². The summed E-state index contributed by atoms with van der Waals surface area (Å²) < 4.78 is 5.35. The molecule has 0 aliphatic carbocycles. The Balaban J connectivity index is 1.79. The van der Waals surface area contributed by atoms with Crippen LogP contribution in [0.5, 0.6) is 5.75 Å². The topological polar surface area (TPSA) is 82.4 Å². The molecular formula is C20H19N3O3. The molecule has 0 saturated carbocycles. The summed E-state index contributed by atoms with van der Waals surface area (Å²) in [5.74, 6) is -0.280. The fraction of sp³-hybridized carbons (Fsp3) is 0.250. The second-order valence-electron chi connectivity index (χ2n) is 6.23. The second kappa shape index (κ2) is 7.28. The zero-order valence-electron chi connectivity index (χ0n) is 14.7. The highest BCUT2D eigenvalue weighted by Gasteiger charge is 2.36. The first-order chi connectivity index (χ1) is 12.5. The minimum absolute atomic E-state index is 0.123. The van der Waals surface area contributed by atoms with Gasteiger partial charge in [0.15, 0.2) is 0 Å². The minimum Gasteiger partial charge on any atom is -0.495 e. The Bertz CT molecular complexity index is 901. The summed E-state index contributed by atoms with van der Waals surface area (Å²) in [6.07, 6.45) is 0.123. The summed E-state index contributed by atoms with van der Waals surface area (Å²) in [6.45, 7) is 2.21. The van der Waals surface area contributed by atoms with E-state index in [1.807, 2.05) is 31.2 Å². The molecule has 2 aromatic carbocycles. The molecule has 1 saturated heterocycles. The predicted octanol–water partition coefficient (Wildman–Crippen LogP) is 2.87. The number of nitriles is 1. The number of aryl methyl sites for hydroxylation is 1. The van der Waals surface area contributed by atoms with E-state index < -0.39 is 5.92 Å². The first kappa shape index (κ1) is 17.5. The summed E-state index contributed by atoms with van der Waals surface area (Å²) in [5.41, 5.74) is 2.52. The molecule has 1 N–H and O–H groups in total. The van der Waals surface area contributed by atoms with Crippen molar-refractivity contribution in [3.63, 3.8) is 0 Å². The third-order valence-corrected chi connectivity index (χ3v) is 4.43. The van der Waals surface area contributed by atoms with Crippen molar-refractivity contribution in [3.8, 4) is 11.8 Å². The fourth-order valence-electron chi connectivity index (χ4n) is 3.05. The number of hydrogen-bond acceptors (Lipinski definition) is 4. The SMILES string of the molecule is COc1ccc(C)cc1N1CC(C(=O)Nc2ccccc2C#N)CC1=O. The predicted molar refractivity (Wildman–Crippen MR) is 98.0 cm³/mol. The summed E-state index contributed by atoms with van der Waals surface area (Å²) in [6, 6.07) is 14.4. The Kier molecular flexibility index (Phi) is 4.90. The van der Waals surface area contributed by atoms with Crippen LogP contribution in [0.15, 0.2) is 42.5 Å². The highest BCUT2D eigenvalue weighted by atomic mass is 16.5. The highest BCUT2D eigenvalue weighted by molar-refractivity contribution is 6.04. The van der Waals surface area contributed by atoms with Gasteiger partial charge in [-0.3, -0.25) is 9.59 Å². The van der Waals surface area contributed by atoms with E-state index in [0.29, 0.717) is 22.7 Å². The Labute approximate surface area is 152 Å². The van der Waals surface area contributed by atoms with E-state index in [1.165, 1.54) is 0 Å². The van der Waals surface area contributed by atoms with Crippen molar-refractivity contribution < 1.29 is 14.3 Å². The quantitative estimate of drug-likeness (QED) is 0.920. The average molecular weight is 349 g/mol. The maximum Gasteiger partial charge on any atom is 0.229 e. The van der Waals surface area contributed by atoms with Crippen LogP contribution in [0.2, 0.25) is 0 Å². The van der Waals surface area contributed by atoms with E-state index in [0.717, 1.165) is 5.56 Å². The molecule has 3 rings (SSSR count). The molecule has 0 spiro atoms. The summed E-state index contributed by atoms with van der Waals surface area (Å²) in [5, 5.41) is 11.9. The lowest BCUT2D eigenvalue weighted by Gasteiger charge is -2.20. The van der Waals surface area contributed by atoms with Crippen molar-refractivity contribution in [2.75, 3.05) is 23.9 Å². The number of rotatable bonds is 4. The normalized spacial score (nSPS) is 16.3. The smallest absolute Gasteiger partial charge is 0.229 e. The molecule has 6 nitrogen and oxygen atoms in total. The van der Waals surface area contributed by atoms with E-state index in [1.54, 1.807) is 36.3 Å². The van der Waals surface area contributed by atoms with Crippen molar-refractivity contribution in [1.82, 2.24) is 0 Å². The van der Waals surface area contributed by atoms with Crippen LogP contribution < -0.4 is 15.0 Å². The first-order valence-electron chi connectivity index (χ1n) is 8.28. The van der Waals surface area contributed by atoms with Crippen molar-refractivity contribution in [2.24, 2.45) is 5.92 Å². The molecule has 2 amide bonds. The molecular weight excluding hydrogens is 330 g/mol. The third-order valence-electron chi connectivity index (χ3n) is 4.43. The lowest BCUT2D eigenvalue weighted by Crippen LogP contribution is -2.28. The Morgan fingerprint density at radius 1 is 1.31 bits per heavy atom. The summed E-state index contributed by atoms with van der Waals surface area (Å²) in [7, 11) is 1.55. The van der Waals surface area contributed by atoms with Crippen LogP contribution in [-0.4, -0.2) is 25.5 Å². The van der Waals surface area contributed by atoms with Crippen molar-refractivity contribution in [3.05, 3.63) is 53.6 Å². The Hall–Kier alpha value is -3.33. The molecule has 0 radical (unpaired) electrons. The van der Waals surface area contributed by atoms with Gasteiger partial charge in [-0.1, -0.05) is 18.2 Å². The number of benzene rings is 2. The van der Waals surface area contributed by atoms with Gasteiger partial charge < -0.3 is 15.0 Å². The van der Waals surface area contributed by atoms with E-state index in [-0.39, 0.29) is 24.8 Å². The number of nitrogens with one attached hydrogen (secondary N) is 1. The zero-order chi connectivity index (χ0) is 18.7. The number of para-hydroxylation sites is 1.